The molecule has 1 N–H and O–H groups in total. The lowest BCUT2D eigenvalue weighted by molar-refractivity contribution is -0.135. The third-order valence-electron chi connectivity index (χ3n) is 11.4. The number of allylic oxidation sites excluding steroid dienone is 8. The zero-order valence-corrected chi connectivity index (χ0v) is 28.2. The molecule has 4 heteroatoms. The van der Waals surface area contributed by atoms with Gasteiger partial charge in [-0.2, -0.15) is 0 Å². The van der Waals surface area contributed by atoms with E-state index in [1.807, 2.05) is 13.8 Å². The minimum Gasteiger partial charge on any atom is -0.511 e. The summed E-state index contributed by atoms with van der Waals surface area (Å²) in [5.74, 6) is -0.600. The van der Waals surface area contributed by atoms with E-state index in [2.05, 4.69) is 73.6 Å². The topological polar surface area (TPSA) is 71.4 Å². The summed E-state index contributed by atoms with van der Waals surface area (Å²) >= 11 is 0. The molecular weight excluding hydrogens is 532 g/mol. The number of Topliss-reactive ketones (excluding diaryl/α,β-unsaturated/α-hetero) is 3. The molecule has 43 heavy (non-hydrogen) atoms. The lowest BCUT2D eigenvalue weighted by atomic mass is 9.43. The molecule has 5 rings (SSSR count). The summed E-state index contributed by atoms with van der Waals surface area (Å²) in [5, 5.41) is 10.9. The quantitative estimate of drug-likeness (QED) is 0.351. The van der Waals surface area contributed by atoms with Crippen molar-refractivity contribution in [1.29, 1.82) is 0 Å². The third-order valence-corrected chi connectivity index (χ3v) is 11.4. The van der Waals surface area contributed by atoms with Crippen LogP contribution < -0.4 is 0 Å². The average molecular weight is 583 g/mol. The molecule has 3 atom stereocenters. The predicted octanol–water partition coefficient (Wildman–Crippen LogP) is 9.51. The zero-order chi connectivity index (χ0) is 32.0. The molecule has 1 aromatic rings. The molecule has 0 bridgehead atoms. The lowest BCUT2D eigenvalue weighted by Gasteiger charge is -2.59. The zero-order valence-electron chi connectivity index (χ0n) is 28.2. The molecule has 1 aromatic carbocycles. The number of carbonyl (C=O) groups excluding carboxylic acids is 3. The lowest BCUT2D eigenvalue weighted by Crippen LogP contribution is -2.57. The van der Waals surface area contributed by atoms with Crippen LogP contribution in [0.3, 0.4) is 0 Å². The van der Waals surface area contributed by atoms with Crippen molar-refractivity contribution in [1.82, 2.24) is 0 Å². The number of carbonyl (C=O) groups is 3. The van der Waals surface area contributed by atoms with Crippen LogP contribution in [-0.4, -0.2) is 22.5 Å². The van der Waals surface area contributed by atoms with E-state index in [0.29, 0.717) is 12.8 Å². The molecule has 0 aliphatic heterocycles. The summed E-state index contributed by atoms with van der Waals surface area (Å²) in [5.41, 5.74) is 7.60. The predicted molar refractivity (Wildman–Crippen MR) is 174 cm³/mol. The highest BCUT2D eigenvalue weighted by Gasteiger charge is 2.64. The Hall–Kier alpha value is -3.01. The van der Waals surface area contributed by atoms with E-state index in [0.717, 1.165) is 52.7 Å². The summed E-state index contributed by atoms with van der Waals surface area (Å²) in [6.45, 7) is 22.7. The Balaban J connectivity index is 1.65. The summed E-state index contributed by atoms with van der Waals surface area (Å²) in [4.78, 5) is 41.5. The van der Waals surface area contributed by atoms with Crippen LogP contribution in [0.25, 0.3) is 5.57 Å². The van der Waals surface area contributed by atoms with E-state index in [4.69, 9.17) is 0 Å². The van der Waals surface area contributed by atoms with Crippen LogP contribution in [0.2, 0.25) is 0 Å². The van der Waals surface area contributed by atoms with Gasteiger partial charge in [-0.1, -0.05) is 77.8 Å². The third kappa shape index (κ3) is 4.66. The number of rotatable bonds is 5. The van der Waals surface area contributed by atoms with Gasteiger partial charge in [0, 0.05) is 23.0 Å². The smallest absolute Gasteiger partial charge is 0.190 e. The first-order valence-corrected chi connectivity index (χ1v) is 16.1. The largest absolute Gasteiger partial charge is 0.511 e. The van der Waals surface area contributed by atoms with Gasteiger partial charge in [-0.3, -0.25) is 14.4 Å². The maximum Gasteiger partial charge on any atom is 0.190 e. The molecule has 4 nitrogen and oxygen atoms in total. The van der Waals surface area contributed by atoms with Gasteiger partial charge in [0.2, 0.25) is 0 Å². The van der Waals surface area contributed by atoms with Crippen LogP contribution in [0.1, 0.15) is 140 Å². The van der Waals surface area contributed by atoms with Crippen molar-refractivity contribution < 1.29 is 19.5 Å². The maximum absolute atomic E-state index is 14.9. The van der Waals surface area contributed by atoms with E-state index >= 15 is 0 Å². The highest BCUT2D eigenvalue weighted by atomic mass is 16.3. The molecule has 0 amide bonds. The molecule has 0 radical (unpaired) electrons. The van der Waals surface area contributed by atoms with Crippen LogP contribution in [0.15, 0.2) is 46.3 Å². The Morgan fingerprint density at radius 1 is 1.05 bits per heavy atom. The van der Waals surface area contributed by atoms with E-state index in [9.17, 15) is 19.5 Å². The summed E-state index contributed by atoms with van der Waals surface area (Å²) in [6, 6.07) is 2.34. The van der Waals surface area contributed by atoms with Gasteiger partial charge in [0.1, 0.15) is 5.76 Å². The normalized spacial score (nSPS) is 29.0. The van der Waals surface area contributed by atoms with Gasteiger partial charge in [-0.25, -0.2) is 0 Å². The first kappa shape index (κ1) is 31.4. The number of aliphatic hydroxyl groups is 1. The first-order chi connectivity index (χ1) is 19.8. The monoisotopic (exact) mass is 582 g/mol. The van der Waals surface area contributed by atoms with Gasteiger partial charge in [-0.15, -0.1) is 0 Å². The molecule has 0 saturated heterocycles. The van der Waals surface area contributed by atoms with Crippen molar-refractivity contribution in [2.45, 2.75) is 121 Å². The van der Waals surface area contributed by atoms with Crippen molar-refractivity contribution in [3.63, 3.8) is 0 Å². The van der Waals surface area contributed by atoms with Crippen LogP contribution in [0.4, 0.5) is 0 Å². The Morgan fingerprint density at radius 2 is 1.70 bits per heavy atom. The van der Waals surface area contributed by atoms with Crippen molar-refractivity contribution in [2.75, 3.05) is 0 Å². The van der Waals surface area contributed by atoms with Gasteiger partial charge in [-0.05, 0) is 104 Å². The number of aliphatic hydroxyl groups excluding tert-OH is 1. The van der Waals surface area contributed by atoms with Crippen LogP contribution in [0.5, 0.6) is 0 Å². The van der Waals surface area contributed by atoms with Gasteiger partial charge in [0.25, 0.3) is 0 Å². The molecular formula is C39H50O4. The minimum absolute atomic E-state index is 0.0289. The molecule has 0 spiro atoms. The fourth-order valence-electron chi connectivity index (χ4n) is 8.95. The van der Waals surface area contributed by atoms with E-state index < -0.39 is 22.0 Å². The maximum atomic E-state index is 14.9. The molecule has 0 aromatic heterocycles. The SMILES string of the molecule is CC(=O)C1=C(O)C[C@@]2(C)C[C@@]3(C)Cc4c(C(C)C)cc(C5=CC=C(CCC(C)(C)C)C5)c(C)c4C(=O)C3=C(C)[C@@]2(C)C1=O. The Labute approximate surface area is 258 Å². The Bertz CT molecular complexity index is 1600. The van der Waals surface area contributed by atoms with Crippen molar-refractivity contribution >= 4 is 22.9 Å². The highest BCUT2D eigenvalue weighted by molar-refractivity contribution is 6.24. The minimum atomic E-state index is -1.05. The first-order valence-electron chi connectivity index (χ1n) is 16.1. The highest BCUT2D eigenvalue weighted by Crippen LogP contribution is 2.66. The second-order valence-electron chi connectivity index (χ2n) is 16.2. The van der Waals surface area contributed by atoms with E-state index in [1.54, 1.807) is 0 Å². The fourth-order valence-corrected chi connectivity index (χ4v) is 8.95. The van der Waals surface area contributed by atoms with Crippen LogP contribution in [0, 0.1) is 28.6 Å². The molecule has 0 heterocycles. The van der Waals surface area contributed by atoms with Crippen molar-refractivity contribution in [2.24, 2.45) is 21.7 Å². The molecule has 0 unspecified atom stereocenters. The second kappa shape index (κ2) is 10.0. The number of hydrogen-bond acceptors (Lipinski definition) is 4. The summed E-state index contributed by atoms with van der Waals surface area (Å²) in [7, 11) is 0. The average Bonchev–Trinajstić information content (AvgIpc) is 3.33. The van der Waals surface area contributed by atoms with Gasteiger partial charge < -0.3 is 5.11 Å². The van der Waals surface area contributed by atoms with Crippen LogP contribution in [-0.2, 0) is 16.0 Å². The Kier molecular flexibility index (Phi) is 7.31. The fraction of sp³-hybridized carbons (Fsp3) is 0.564. The van der Waals surface area contributed by atoms with Gasteiger partial charge in [0.15, 0.2) is 17.3 Å². The van der Waals surface area contributed by atoms with Crippen molar-refractivity contribution in [3.8, 4) is 0 Å². The summed E-state index contributed by atoms with van der Waals surface area (Å²) in [6.07, 6.45) is 9.19. The molecule has 0 fully saturated rings. The van der Waals surface area contributed by atoms with Gasteiger partial charge >= 0.3 is 0 Å². The number of benzene rings is 1. The standard InChI is InChI=1S/C39H50O4/c1-21(2)27-17-28(26-13-12-25(16-26)14-15-36(6,7)8)22(3)31-29(27)18-37(9)20-38(10)19-30(41)32(24(5)40)35(43)39(38,11)23(4)33(37)34(31)42/h12-13,17,21,41H,14-16,18-20H2,1-11H3/t37-,38+,39+/m1/s1. The number of hydrogen-bond donors (Lipinski definition) is 1. The van der Waals surface area contributed by atoms with E-state index in [-0.39, 0.29) is 40.7 Å². The molecule has 230 valence electrons. The number of ketones is 3. The number of fused-ring (bicyclic) bond motifs is 3. The van der Waals surface area contributed by atoms with Crippen molar-refractivity contribution in [3.05, 3.63) is 74.1 Å². The molecule has 4 aliphatic rings. The Morgan fingerprint density at radius 3 is 2.28 bits per heavy atom. The second-order valence-corrected chi connectivity index (χ2v) is 16.2. The molecule has 0 saturated carbocycles. The molecule has 4 aliphatic carbocycles. The van der Waals surface area contributed by atoms with Gasteiger partial charge in [0.05, 0.1) is 11.0 Å². The summed E-state index contributed by atoms with van der Waals surface area (Å²) < 4.78 is 0. The van der Waals surface area contributed by atoms with Crippen LogP contribution >= 0.6 is 0 Å². The van der Waals surface area contributed by atoms with E-state index in [1.165, 1.54) is 23.6 Å².